The van der Waals surface area contributed by atoms with Crippen LogP contribution in [0.5, 0.6) is 0 Å². The molecule has 4 heteroatoms. The molecular weight excluding hydrogens is 400 g/mol. The zero-order valence-corrected chi connectivity index (χ0v) is 17.0. The minimum Gasteiger partial charge on any atom is -0.346 e. The lowest BCUT2D eigenvalue weighted by molar-refractivity contribution is 0.0940. The summed E-state index contributed by atoms with van der Waals surface area (Å²) in [5, 5.41) is 5.59. The number of carbonyl (C=O) groups excluding carboxylic acids is 1. The molecule has 1 heterocycles. The average molecular weight is 421 g/mol. The van der Waals surface area contributed by atoms with Crippen molar-refractivity contribution in [3.63, 3.8) is 0 Å². The average Bonchev–Trinajstić information content (AvgIpc) is 3.01. The lowest BCUT2D eigenvalue weighted by Gasteiger charge is -2.15. The van der Waals surface area contributed by atoms with Gasteiger partial charge in [0, 0.05) is 38.4 Å². The first-order valence-electron chi connectivity index (χ1n) is 9.16. The van der Waals surface area contributed by atoms with E-state index in [1.807, 2.05) is 31.2 Å². The maximum atomic E-state index is 12.6. The highest BCUT2D eigenvalue weighted by atomic mass is 79.9. The second-order valence-electron chi connectivity index (χ2n) is 6.74. The molecule has 1 N–H and O–H groups in total. The Labute approximate surface area is 167 Å². The summed E-state index contributed by atoms with van der Waals surface area (Å²) in [5.74, 6) is -0.0696. The number of hydrogen-bond donors (Lipinski definition) is 1. The molecule has 1 aromatic heterocycles. The monoisotopic (exact) mass is 420 g/mol. The number of nitrogens with one attached hydrogen (secondary N) is 1. The molecule has 0 unspecified atom stereocenters. The Morgan fingerprint density at radius 3 is 2.56 bits per heavy atom. The Balaban J connectivity index is 1.69. The Hall–Kier alpha value is -2.59. The molecule has 3 nitrogen and oxygen atoms in total. The van der Waals surface area contributed by atoms with E-state index in [2.05, 4.69) is 75.2 Å². The van der Waals surface area contributed by atoms with Crippen molar-refractivity contribution < 1.29 is 4.79 Å². The van der Waals surface area contributed by atoms with E-state index < -0.39 is 0 Å². The normalized spacial score (nSPS) is 12.4. The fourth-order valence-electron chi connectivity index (χ4n) is 3.67. The molecule has 0 aliphatic heterocycles. The van der Waals surface area contributed by atoms with Crippen molar-refractivity contribution in [2.75, 3.05) is 0 Å². The van der Waals surface area contributed by atoms with Crippen LogP contribution in [-0.4, -0.2) is 10.5 Å². The summed E-state index contributed by atoms with van der Waals surface area (Å²) >= 11 is 3.42. The number of halogens is 1. The molecule has 0 fully saturated rings. The van der Waals surface area contributed by atoms with Crippen LogP contribution in [-0.2, 0) is 6.54 Å². The smallest absolute Gasteiger partial charge is 0.251 e. The molecule has 0 saturated carbocycles. The first kappa shape index (κ1) is 17.8. The van der Waals surface area contributed by atoms with Gasteiger partial charge in [-0.3, -0.25) is 4.79 Å². The van der Waals surface area contributed by atoms with Crippen LogP contribution >= 0.6 is 15.9 Å². The van der Waals surface area contributed by atoms with Gasteiger partial charge in [-0.2, -0.15) is 0 Å². The molecule has 0 aliphatic carbocycles. The highest BCUT2D eigenvalue weighted by Gasteiger charge is 2.15. The van der Waals surface area contributed by atoms with Crippen LogP contribution in [0.2, 0.25) is 0 Å². The molecular formula is C23H21BrN2O. The Bertz CT molecular complexity index is 1150. The molecule has 27 heavy (non-hydrogen) atoms. The number of para-hydroxylation sites is 1. The summed E-state index contributed by atoms with van der Waals surface area (Å²) in [6.07, 6.45) is 0. The number of aromatic nitrogens is 1. The number of amides is 1. The lowest BCUT2D eigenvalue weighted by atomic mass is 10.0. The second kappa shape index (κ2) is 7.20. The molecule has 4 rings (SSSR count). The maximum Gasteiger partial charge on any atom is 0.251 e. The minimum absolute atomic E-state index is 0.0696. The summed E-state index contributed by atoms with van der Waals surface area (Å²) in [6, 6.07) is 22.3. The van der Waals surface area contributed by atoms with Crippen molar-refractivity contribution in [2.45, 2.75) is 26.4 Å². The highest BCUT2D eigenvalue weighted by molar-refractivity contribution is 9.10. The van der Waals surface area contributed by atoms with E-state index in [0.29, 0.717) is 5.56 Å². The third kappa shape index (κ3) is 3.26. The Morgan fingerprint density at radius 1 is 1.00 bits per heavy atom. The quantitative estimate of drug-likeness (QED) is 0.427. The van der Waals surface area contributed by atoms with E-state index in [9.17, 15) is 4.79 Å². The second-order valence-corrected chi connectivity index (χ2v) is 7.66. The van der Waals surface area contributed by atoms with Crippen LogP contribution in [0.4, 0.5) is 0 Å². The topological polar surface area (TPSA) is 34.0 Å². The Morgan fingerprint density at radius 2 is 1.78 bits per heavy atom. The fraction of sp³-hybridized carbons (Fsp3) is 0.174. The van der Waals surface area contributed by atoms with Crippen LogP contribution in [0.25, 0.3) is 21.8 Å². The lowest BCUT2D eigenvalue weighted by Crippen LogP contribution is -2.26. The van der Waals surface area contributed by atoms with Gasteiger partial charge in [-0.05, 0) is 55.8 Å². The van der Waals surface area contributed by atoms with Crippen LogP contribution < -0.4 is 5.32 Å². The first-order valence-corrected chi connectivity index (χ1v) is 9.95. The van der Waals surface area contributed by atoms with E-state index in [4.69, 9.17) is 0 Å². The third-order valence-corrected chi connectivity index (χ3v) is 5.54. The zero-order chi connectivity index (χ0) is 19.0. The number of carbonyl (C=O) groups is 1. The first-order chi connectivity index (χ1) is 13.1. The SMILES string of the molecule is CCn1c2ccccc2c2cc([C@@H](C)NC(=O)c3cccc(Br)c3)ccc21. The molecule has 0 aliphatic rings. The van der Waals surface area contributed by atoms with Crippen molar-refractivity contribution in [3.8, 4) is 0 Å². The summed E-state index contributed by atoms with van der Waals surface area (Å²) in [4.78, 5) is 12.6. The van der Waals surface area contributed by atoms with Gasteiger partial charge < -0.3 is 9.88 Å². The van der Waals surface area contributed by atoms with E-state index in [0.717, 1.165) is 16.6 Å². The molecule has 0 spiro atoms. The number of benzene rings is 3. The van der Waals surface area contributed by atoms with Crippen molar-refractivity contribution in [3.05, 3.63) is 82.3 Å². The fourth-order valence-corrected chi connectivity index (χ4v) is 4.07. The van der Waals surface area contributed by atoms with Crippen LogP contribution in [0.3, 0.4) is 0 Å². The van der Waals surface area contributed by atoms with Crippen molar-refractivity contribution >= 4 is 43.6 Å². The summed E-state index contributed by atoms with van der Waals surface area (Å²) in [6.45, 7) is 5.12. The minimum atomic E-state index is -0.0791. The van der Waals surface area contributed by atoms with E-state index >= 15 is 0 Å². The molecule has 1 amide bonds. The van der Waals surface area contributed by atoms with Gasteiger partial charge in [0.15, 0.2) is 0 Å². The van der Waals surface area contributed by atoms with Gasteiger partial charge in [0.25, 0.3) is 5.91 Å². The van der Waals surface area contributed by atoms with Crippen molar-refractivity contribution in [1.29, 1.82) is 0 Å². The molecule has 0 radical (unpaired) electrons. The van der Waals surface area contributed by atoms with Crippen LogP contribution in [0.15, 0.2) is 71.2 Å². The van der Waals surface area contributed by atoms with E-state index in [1.165, 1.54) is 21.8 Å². The van der Waals surface area contributed by atoms with Gasteiger partial charge in [-0.25, -0.2) is 0 Å². The maximum absolute atomic E-state index is 12.6. The van der Waals surface area contributed by atoms with Gasteiger partial charge in [-0.15, -0.1) is 0 Å². The van der Waals surface area contributed by atoms with Gasteiger partial charge in [0.1, 0.15) is 0 Å². The summed E-state index contributed by atoms with van der Waals surface area (Å²) in [7, 11) is 0. The number of fused-ring (bicyclic) bond motifs is 3. The standard InChI is InChI=1S/C23H21BrN2O/c1-3-26-21-10-5-4-9-19(21)20-14-16(11-12-22(20)26)15(2)25-23(27)17-7-6-8-18(24)13-17/h4-15H,3H2,1-2H3,(H,25,27)/t15-/m1/s1. The molecule has 136 valence electrons. The van der Waals surface area contributed by atoms with Gasteiger partial charge in [-0.1, -0.05) is 46.3 Å². The molecule has 0 bridgehead atoms. The van der Waals surface area contributed by atoms with Crippen molar-refractivity contribution in [1.82, 2.24) is 9.88 Å². The molecule has 1 atom stereocenters. The van der Waals surface area contributed by atoms with Gasteiger partial charge in [0.05, 0.1) is 6.04 Å². The predicted molar refractivity (Wildman–Crippen MR) is 115 cm³/mol. The van der Waals surface area contributed by atoms with Gasteiger partial charge >= 0.3 is 0 Å². The largest absolute Gasteiger partial charge is 0.346 e. The predicted octanol–water partition coefficient (Wildman–Crippen LogP) is 6.07. The molecule has 0 saturated heterocycles. The summed E-state index contributed by atoms with van der Waals surface area (Å²) < 4.78 is 3.23. The third-order valence-electron chi connectivity index (χ3n) is 5.05. The van der Waals surface area contributed by atoms with E-state index in [1.54, 1.807) is 0 Å². The highest BCUT2D eigenvalue weighted by Crippen LogP contribution is 2.31. The number of hydrogen-bond acceptors (Lipinski definition) is 1. The van der Waals surface area contributed by atoms with Crippen molar-refractivity contribution in [2.24, 2.45) is 0 Å². The molecule has 3 aromatic carbocycles. The summed E-state index contributed by atoms with van der Waals surface area (Å²) in [5.41, 5.74) is 4.23. The number of aryl methyl sites for hydroxylation is 1. The zero-order valence-electron chi connectivity index (χ0n) is 15.4. The van der Waals surface area contributed by atoms with Crippen LogP contribution in [0, 0.1) is 0 Å². The molecule has 4 aromatic rings. The Kier molecular flexibility index (Phi) is 4.75. The van der Waals surface area contributed by atoms with E-state index in [-0.39, 0.29) is 11.9 Å². The van der Waals surface area contributed by atoms with Crippen LogP contribution in [0.1, 0.15) is 35.8 Å². The van der Waals surface area contributed by atoms with Gasteiger partial charge in [0.2, 0.25) is 0 Å². The number of rotatable bonds is 4. The number of nitrogens with zero attached hydrogens (tertiary/aromatic N) is 1.